The minimum absolute atomic E-state index is 0.745. The first-order chi connectivity index (χ1) is 12.7. The van der Waals surface area contributed by atoms with E-state index < -0.39 is 0 Å². The zero-order valence-corrected chi connectivity index (χ0v) is 16.1. The fourth-order valence-corrected chi connectivity index (χ4v) is 3.50. The van der Waals surface area contributed by atoms with Crippen LogP contribution in [0.4, 0.5) is 0 Å². The van der Waals surface area contributed by atoms with E-state index in [4.69, 9.17) is 9.84 Å². The minimum atomic E-state index is 0.745. The first-order valence-corrected chi connectivity index (χ1v) is 9.12. The Morgan fingerprint density at radius 2 is 1.88 bits per heavy atom. The van der Waals surface area contributed by atoms with Crippen LogP contribution in [0, 0.1) is 0 Å². The number of hydrogen-bond donors (Lipinski definition) is 0. The first kappa shape index (κ1) is 16.7. The molecule has 0 radical (unpaired) electrons. The molecule has 0 N–H and O–H groups in total. The van der Waals surface area contributed by atoms with Gasteiger partial charge in [0.2, 0.25) is 0 Å². The van der Waals surface area contributed by atoms with E-state index in [2.05, 4.69) is 45.0 Å². The molecule has 0 aliphatic carbocycles. The van der Waals surface area contributed by atoms with E-state index in [1.165, 1.54) is 0 Å². The quantitative estimate of drug-likeness (QED) is 0.479. The number of hydrogen-bond acceptors (Lipinski definition) is 4. The van der Waals surface area contributed by atoms with Gasteiger partial charge in [-0.15, -0.1) is 0 Å². The van der Waals surface area contributed by atoms with Crippen molar-refractivity contribution in [2.75, 3.05) is 7.11 Å². The van der Waals surface area contributed by atoms with E-state index in [1.54, 1.807) is 13.4 Å². The summed E-state index contributed by atoms with van der Waals surface area (Å²) >= 11 is 3.57. The maximum absolute atomic E-state index is 5.39. The van der Waals surface area contributed by atoms with Gasteiger partial charge in [0.25, 0.3) is 0 Å². The lowest BCUT2D eigenvalue weighted by Gasteiger charge is -2.09. The Hall–Kier alpha value is -2.73. The molecule has 2 aromatic heterocycles. The molecule has 0 amide bonds. The highest BCUT2D eigenvalue weighted by molar-refractivity contribution is 9.10. The number of nitrogens with zero attached hydrogens (tertiary/aromatic N) is 4. The van der Waals surface area contributed by atoms with Gasteiger partial charge in [-0.3, -0.25) is 4.68 Å². The molecule has 6 heteroatoms. The molecule has 130 valence electrons. The molecule has 4 rings (SSSR count). The summed E-state index contributed by atoms with van der Waals surface area (Å²) in [6.45, 7) is 2.87. The molecule has 0 aliphatic rings. The molecule has 2 aromatic carbocycles. The van der Waals surface area contributed by atoms with Crippen LogP contribution in [0.25, 0.3) is 33.4 Å². The average molecular weight is 409 g/mol. The second-order valence-electron chi connectivity index (χ2n) is 5.84. The lowest BCUT2D eigenvalue weighted by atomic mass is 10.0. The molecule has 0 aliphatic heterocycles. The van der Waals surface area contributed by atoms with Crippen molar-refractivity contribution in [3.63, 3.8) is 0 Å². The summed E-state index contributed by atoms with van der Waals surface area (Å²) < 4.78 is 8.19. The number of rotatable bonds is 4. The second-order valence-corrected chi connectivity index (χ2v) is 6.69. The first-order valence-electron chi connectivity index (χ1n) is 8.32. The number of ether oxygens (including phenoxy) is 1. The predicted octanol–water partition coefficient (Wildman–Crippen LogP) is 4.95. The van der Waals surface area contributed by atoms with Gasteiger partial charge in [-0.1, -0.05) is 30.3 Å². The topological polar surface area (TPSA) is 52.8 Å². The highest BCUT2D eigenvalue weighted by Crippen LogP contribution is 2.37. The average Bonchev–Trinajstić information content (AvgIpc) is 3.12. The van der Waals surface area contributed by atoms with Gasteiger partial charge in [-0.05, 0) is 28.9 Å². The molecule has 5 nitrogen and oxygen atoms in total. The van der Waals surface area contributed by atoms with Gasteiger partial charge in [0, 0.05) is 35.3 Å². The molecule has 0 unspecified atom stereocenters. The molecule has 2 heterocycles. The van der Waals surface area contributed by atoms with E-state index in [9.17, 15) is 0 Å². The van der Waals surface area contributed by atoms with Gasteiger partial charge in [-0.25, -0.2) is 9.97 Å². The minimum Gasteiger partial charge on any atom is -0.495 e. The highest BCUT2D eigenvalue weighted by atomic mass is 79.9. The van der Waals surface area contributed by atoms with Gasteiger partial charge < -0.3 is 4.74 Å². The Kier molecular flexibility index (Phi) is 4.42. The Morgan fingerprint density at radius 3 is 2.62 bits per heavy atom. The molecule has 0 spiro atoms. The van der Waals surface area contributed by atoms with Crippen molar-refractivity contribution in [2.45, 2.75) is 13.5 Å². The van der Waals surface area contributed by atoms with Crippen molar-refractivity contribution in [2.24, 2.45) is 0 Å². The fourth-order valence-electron chi connectivity index (χ4n) is 2.99. The van der Waals surface area contributed by atoms with Gasteiger partial charge >= 0.3 is 0 Å². The van der Waals surface area contributed by atoms with Crippen molar-refractivity contribution in [3.05, 3.63) is 59.5 Å². The smallest absolute Gasteiger partial charge is 0.135 e. The van der Waals surface area contributed by atoms with Crippen molar-refractivity contribution in [1.82, 2.24) is 19.7 Å². The molecule has 26 heavy (non-hydrogen) atoms. The Bertz CT molecular complexity index is 1080. The van der Waals surface area contributed by atoms with Crippen LogP contribution >= 0.6 is 15.9 Å². The van der Waals surface area contributed by atoms with Crippen LogP contribution in [-0.2, 0) is 6.54 Å². The number of aromatic nitrogens is 4. The molecular formula is C20H17BrN4O. The zero-order chi connectivity index (χ0) is 18.1. The monoisotopic (exact) mass is 408 g/mol. The number of fused-ring (bicyclic) bond motifs is 1. The molecule has 0 bridgehead atoms. The van der Waals surface area contributed by atoms with Gasteiger partial charge in [-0.2, -0.15) is 5.10 Å². The van der Waals surface area contributed by atoms with Crippen LogP contribution in [0.15, 0.2) is 59.5 Å². The summed E-state index contributed by atoms with van der Waals surface area (Å²) in [5, 5.41) is 5.71. The molecule has 0 atom stereocenters. The van der Waals surface area contributed by atoms with Crippen molar-refractivity contribution in [1.29, 1.82) is 0 Å². The van der Waals surface area contributed by atoms with Crippen LogP contribution in [0.5, 0.6) is 5.75 Å². The zero-order valence-electron chi connectivity index (χ0n) is 14.5. The lowest BCUT2D eigenvalue weighted by Crippen LogP contribution is -1.93. The number of benzene rings is 2. The summed E-state index contributed by atoms with van der Waals surface area (Å²) in [5.41, 5.74) is 4.66. The Balaban J connectivity index is 1.99. The van der Waals surface area contributed by atoms with Gasteiger partial charge in [0.05, 0.1) is 22.8 Å². The van der Waals surface area contributed by atoms with Crippen LogP contribution in [0.1, 0.15) is 6.92 Å². The van der Waals surface area contributed by atoms with Crippen LogP contribution in [0.2, 0.25) is 0 Å². The lowest BCUT2D eigenvalue weighted by molar-refractivity contribution is 0.412. The molecule has 4 aromatic rings. The normalized spacial score (nSPS) is 11.0. The van der Waals surface area contributed by atoms with Crippen molar-refractivity contribution in [3.8, 4) is 28.3 Å². The van der Waals surface area contributed by atoms with E-state index in [0.29, 0.717) is 0 Å². The maximum atomic E-state index is 5.39. The third kappa shape index (κ3) is 2.86. The van der Waals surface area contributed by atoms with E-state index in [0.717, 1.165) is 50.2 Å². The summed E-state index contributed by atoms with van der Waals surface area (Å²) in [7, 11) is 1.65. The van der Waals surface area contributed by atoms with Gasteiger partial charge in [0.1, 0.15) is 17.8 Å². The SMILES string of the molecule is CCn1cc(-c2ncnc3cc(OC)c(Br)cc23)c(-c2ccccc2)n1. The molecule has 0 saturated heterocycles. The van der Waals surface area contributed by atoms with Crippen LogP contribution < -0.4 is 4.74 Å². The van der Waals surface area contributed by atoms with Crippen LogP contribution in [0.3, 0.4) is 0 Å². The Labute approximate surface area is 159 Å². The molecular weight excluding hydrogens is 392 g/mol. The summed E-state index contributed by atoms with van der Waals surface area (Å²) in [6, 6.07) is 14.1. The number of aryl methyl sites for hydroxylation is 1. The fraction of sp³-hybridized carbons (Fsp3) is 0.150. The molecule has 0 saturated carbocycles. The molecule has 0 fully saturated rings. The Morgan fingerprint density at radius 1 is 1.08 bits per heavy atom. The predicted molar refractivity (Wildman–Crippen MR) is 106 cm³/mol. The van der Waals surface area contributed by atoms with Crippen LogP contribution in [-0.4, -0.2) is 26.9 Å². The van der Waals surface area contributed by atoms with E-state index >= 15 is 0 Å². The third-order valence-electron chi connectivity index (χ3n) is 4.30. The third-order valence-corrected chi connectivity index (χ3v) is 4.92. The van der Waals surface area contributed by atoms with Gasteiger partial charge in [0.15, 0.2) is 0 Å². The van der Waals surface area contributed by atoms with Crippen molar-refractivity contribution >= 4 is 26.8 Å². The maximum Gasteiger partial charge on any atom is 0.135 e. The van der Waals surface area contributed by atoms with E-state index in [-0.39, 0.29) is 0 Å². The largest absolute Gasteiger partial charge is 0.495 e. The van der Waals surface area contributed by atoms with Crippen molar-refractivity contribution < 1.29 is 4.74 Å². The standard InChI is InChI=1S/C20H17BrN4O/c1-3-25-11-15(19(24-25)13-7-5-4-6-8-13)20-14-9-16(21)18(26-2)10-17(14)22-12-23-20/h4-12H,3H2,1-2H3. The number of halogens is 1. The van der Waals surface area contributed by atoms with E-state index in [1.807, 2.05) is 41.2 Å². The summed E-state index contributed by atoms with van der Waals surface area (Å²) in [4.78, 5) is 8.99. The highest BCUT2D eigenvalue weighted by Gasteiger charge is 2.17. The second kappa shape index (κ2) is 6.88. The number of methoxy groups -OCH3 is 1. The summed E-state index contributed by atoms with van der Waals surface area (Å²) in [5.74, 6) is 0.745. The summed E-state index contributed by atoms with van der Waals surface area (Å²) in [6.07, 6.45) is 3.63.